The van der Waals surface area contributed by atoms with Crippen molar-refractivity contribution >= 4 is 12.0 Å². The fraction of sp³-hybridized carbons (Fsp3) is 0.833. The largest absolute Gasteiger partial charge is 0.480 e. The monoisotopic (exact) mass is 312 g/mol. The number of alkyl halides is 3. The van der Waals surface area contributed by atoms with Crippen LogP contribution in [0.3, 0.4) is 0 Å². The van der Waals surface area contributed by atoms with Gasteiger partial charge in [-0.25, -0.2) is 9.59 Å². The molecule has 0 aliphatic carbocycles. The molecule has 122 valence electrons. The third kappa shape index (κ3) is 5.07. The van der Waals surface area contributed by atoms with Gasteiger partial charge in [0.15, 0.2) is 0 Å². The quantitative estimate of drug-likeness (QED) is 0.756. The van der Waals surface area contributed by atoms with Crippen LogP contribution in [0.1, 0.15) is 26.2 Å². The van der Waals surface area contributed by atoms with E-state index in [1.54, 1.807) is 0 Å². The van der Waals surface area contributed by atoms with Crippen molar-refractivity contribution in [3.63, 3.8) is 0 Å². The van der Waals surface area contributed by atoms with Crippen molar-refractivity contribution in [2.75, 3.05) is 26.3 Å². The SMILES string of the molecule is CC1(C(=O)O)CCCCN1C(=O)NCCOCC(F)(F)F. The van der Waals surface area contributed by atoms with Gasteiger partial charge in [-0.1, -0.05) is 0 Å². The van der Waals surface area contributed by atoms with Gasteiger partial charge < -0.3 is 20.1 Å². The maximum absolute atomic E-state index is 12.0. The van der Waals surface area contributed by atoms with Crippen LogP contribution >= 0.6 is 0 Å². The molecule has 1 heterocycles. The number of likely N-dealkylation sites (tertiary alicyclic amines) is 1. The Kier molecular flexibility index (Phi) is 5.82. The molecular weight excluding hydrogens is 293 g/mol. The Morgan fingerprint density at radius 3 is 2.62 bits per heavy atom. The second kappa shape index (κ2) is 6.97. The van der Waals surface area contributed by atoms with E-state index in [4.69, 9.17) is 0 Å². The number of carbonyl (C=O) groups is 2. The Balaban J connectivity index is 2.41. The molecule has 21 heavy (non-hydrogen) atoms. The summed E-state index contributed by atoms with van der Waals surface area (Å²) >= 11 is 0. The molecule has 0 bridgehead atoms. The highest BCUT2D eigenvalue weighted by Crippen LogP contribution is 2.28. The summed E-state index contributed by atoms with van der Waals surface area (Å²) in [7, 11) is 0. The third-order valence-electron chi connectivity index (χ3n) is 3.39. The summed E-state index contributed by atoms with van der Waals surface area (Å²) in [5.74, 6) is -1.09. The predicted octanol–water partition coefficient (Wildman–Crippen LogP) is 1.60. The number of piperidine rings is 1. The summed E-state index contributed by atoms with van der Waals surface area (Å²) in [6.07, 6.45) is -2.65. The Morgan fingerprint density at radius 1 is 1.38 bits per heavy atom. The van der Waals surface area contributed by atoms with E-state index >= 15 is 0 Å². The maximum Gasteiger partial charge on any atom is 0.411 e. The zero-order valence-corrected chi connectivity index (χ0v) is 11.7. The molecule has 1 unspecified atom stereocenters. The van der Waals surface area contributed by atoms with E-state index in [0.717, 1.165) is 0 Å². The fourth-order valence-corrected chi connectivity index (χ4v) is 2.18. The molecule has 1 atom stereocenters. The number of carboxylic acids is 1. The average molecular weight is 312 g/mol. The second-order valence-electron chi connectivity index (χ2n) is 5.09. The Bertz CT molecular complexity index is 389. The minimum Gasteiger partial charge on any atom is -0.480 e. The predicted molar refractivity (Wildman–Crippen MR) is 66.9 cm³/mol. The van der Waals surface area contributed by atoms with Crippen LogP contribution in [0.4, 0.5) is 18.0 Å². The molecule has 1 fully saturated rings. The highest BCUT2D eigenvalue weighted by atomic mass is 19.4. The lowest BCUT2D eigenvalue weighted by Crippen LogP contribution is -2.60. The van der Waals surface area contributed by atoms with Crippen molar-refractivity contribution in [1.29, 1.82) is 0 Å². The summed E-state index contributed by atoms with van der Waals surface area (Å²) in [5, 5.41) is 11.6. The van der Waals surface area contributed by atoms with Crippen molar-refractivity contribution in [2.45, 2.75) is 37.9 Å². The molecule has 1 rings (SSSR count). The third-order valence-corrected chi connectivity index (χ3v) is 3.39. The zero-order valence-electron chi connectivity index (χ0n) is 11.7. The first-order chi connectivity index (χ1) is 9.67. The average Bonchev–Trinajstić information content (AvgIpc) is 2.37. The molecule has 0 aromatic rings. The Hall–Kier alpha value is -1.51. The molecule has 0 aromatic heterocycles. The maximum atomic E-state index is 12.0. The van der Waals surface area contributed by atoms with Crippen LogP contribution in [0.15, 0.2) is 0 Å². The standard InChI is InChI=1S/C12H19F3N2O4/c1-11(9(18)19)4-2-3-6-17(11)10(20)16-5-7-21-8-12(13,14)15/h2-8H2,1H3,(H,16,20)(H,18,19). The molecule has 2 amide bonds. The highest BCUT2D eigenvalue weighted by Gasteiger charge is 2.43. The number of carbonyl (C=O) groups excluding carboxylic acids is 1. The molecule has 0 saturated carbocycles. The van der Waals surface area contributed by atoms with Gasteiger partial charge in [-0.15, -0.1) is 0 Å². The summed E-state index contributed by atoms with van der Waals surface area (Å²) < 4.78 is 39.9. The fourth-order valence-electron chi connectivity index (χ4n) is 2.18. The smallest absolute Gasteiger partial charge is 0.411 e. The molecule has 0 aromatic carbocycles. The summed E-state index contributed by atoms with van der Waals surface area (Å²) in [5.41, 5.74) is -1.28. The molecule has 1 aliphatic rings. The number of amides is 2. The lowest BCUT2D eigenvalue weighted by molar-refractivity contribution is -0.173. The molecular formula is C12H19F3N2O4. The number of urea groups is 1. The molecule has 9 heteroatoms. The highest BCUT2D eigenvalue weighted by molar-refractivity contribution is 5.86. The topological polar surface area (TPSA) is 78.9 Å². The van der Waals surface area contributed by atoms with Crippen LogP contribution in [0, 0.1) is 0 Å². The minimum absolute atomic E-state index is 0.110. The van der Waals surface area contributed by atoms with Gasteiger partial charge in [0.2, 0.25) is 0 Å². The number of rotatable bonds is 5. The number of hydrogen-bond donors (Lipinski definition) is 2. The first-order valence-electron chi connectivity index (χ1n) is 6.60. The van der Waals surface area contributed by atoms with Gasteiger partial charge in [-0.3, -0.25) is 0 Å². The second-order valence-corrected chi connectivity index (χ2v) is 5.09. The number of halogens is 3. The lowest BCUT2D eigenvalue weighted by atomic mass is 9.89. The van der Waals surface area contributed by atoms with Gasteiger partial charge in [0, 0.05) is 13.1 Å². The first kappa shape index (κ1) is 17.5. The van der Waals surface area contributed by atoms with E-state index in [9.17, 15) is 27.9 Å². The van der Waals surface area contributed by atoms with Gasteiger partial charge in [-0.05, 0) is 26.2 Å². The van der Waals surface area contributed by atoms with Crippen LogP contribution in [0.25, 0.3) is 0 Å². The molecule has 0 radical (unpaired) electrons. The molecule has 6 nitrogen and oxygen atoms in total. The molecule has 0 spiro atoms. The van der Waals surface area contributed by atoms with E-state index in [-0.39, 0.29) is 13.2 Å². The van der Waals surface area contributed by atoms with Crippen molar-refractivity contribution in [3.05, 3.63) is 0 Å². The molecule has 1 aliphatic heterocycles. The van der Waals surface area contributed by atoms with Gasteiger partial charge in [0.25, 0.3) is 0 Å². The van der Waals surface area contributed by atoms with E-state index in [1.807, 2.05) is 0 Å². The van der Waals surface area contributed by atoms with Crippen LogP contribution in [-0.4, -0.2) is 60.0 Å². The van der Waals surface area contributed by atoms with Crippen molar-refractivity contribution < 1.29 is 32.6 Å². The number of nitrogens with zero attached hydrogens (tertiary/aromatic N) is 1. The summed E-state index contributed by atoms with van der Waals surface area (Å²) in [4.78, 5) is 24.5. The van der Waals surface area contributed by atoms with Crippen LogP contribution in [-0.2, 0) is 9.53 Å². The molecule has 2 N–H and O–H groups in total. The summed E-state index contributed by atoms with van der Waals surface area (Å²) in [6.45, 7) is -0.00428. The Labute approximate surface area is 120 Å². The molecule has 1 saturated heterocycles. The van der Waals surface area contributed by atoms with Gasteiger partial charge in [0.05, 0.1) is 6.61 Å². The van der Waals surface area contributed by atoms with E-state index < -0.39 is 30.3 Å². The van der Waals surface area contributed by atoms with Gasteiger partial charge >= 0.3 is 18.2 Å². The van der Waals surface area contributed by atoms with Crippen LogP contribution in [0.2, 0.25) is 0 Å². The zero-order chi connectivity index (χ0) is 16.1. The summed E-state index contributed by atoms with van der Waals surface area (Å²) in [6, 6.07) is -0.602. The number of aliphatic carboxylic acids is 1. The normalized spacial score (nSPS) is 23.0. The van der Waals surface area contributed by atoms with Crippen molar-refractivity contribution in [1.82, 2.24) is 10.2 Å². The Morgan fingerprint density at radius 2 is 2.05 bits per heavy atom. The van der Waals surface area contributed by atoms with Crippen LogP contribution in [0.5, 0.6) is 0 Å². The van der Waals surface area contributed by atoms with Crippen LogP contribution < -0.4 is 5.32 Å². The van der Waals surface area contributed by atoms with Gasteiger partial charge in [0.1, 0.15) is 12.1 Å². The van der Waals surface area contributed by atoms with E-state index in [1.165, 1.54) is 11.8 Å². The first-order valence-corrected chi connectivity index (χ1v) is 6.60. The van der Waals surface area contributed by atoms with E-state index in [0.29, 0.717) is 25.8 Å². The number of nitrogens with one attached hydrogen (secondary N) is 1. The number of hydrogen-bond acceptors (Lipinski definition) is 3. The number of ether oxygens (including phenoxy) is 1. The van der Waals surface area contributed by atoms with E-state index in [2.05, 4.69) is 10.1 Å². The minimum atomic E-state index is -4.40. The van der Waals surface area contributed by atoms with Crippen molar-refractivity contribution in [3.8, 4) is 0 Å². The van der Waals surface area contributed by atoms with Gasteiger partial charge in [-0.2, -0.15) is 13.2 Å². The lowest BCUT2D eigenvalue weighted by Gasteiger charge is -2.41. The number of carboxylic acid groups (broad SMARTS) is 1. The van der Waals surface area contributed by atoms with Crippen molar-refractivity contribution in [2.24, 2.45) is 0 Å².